The monoisotopic (exact) mass is 484 g/mol. The molecule has 4 unspecified atom stereocenters. The van der Waals surface area contributed by atoms with Gasteiger partial charge in [0.15, 0.2) is 0 Å². The van der Waals surface area contributed by atoms with Gasteiger partial charge in [0.25, 0.3) is 5.91 Å². The van der Waals surface area contributed by atoms with Crippen molar-refractivity contribution in [1.29, 1.82) is 0 Å². The van der Waals surface area contributed by atoms with Crippen molar-refractivity contribution in [1.82, 2.24) is 9.62 Å². The number of sulfonamides is 1. The summed E-state index contributed by atoms with van der Waals surface area (Å²) in [6.07, 6.45) is 4.69. The van der Waals surface area contributed by atoms with Crippen LogP contribution in [0.5, 0.6) is 5.75 Å². The number of nitrogens with one attached hydrogen (secondary N) is 1. The molecule has 2 aromatic rings. The zero-order chi connectivity index (χ0) is 24.0. The maximum atomic E-state index is 13.9. The number of carbonyl (C=O) groups excluding carboxylic acids is 1. The summed E-state index contributed by atoms with van der Waals surface area (Å²) < 4.78 is 32.6. The number of hydrogen-bond donors (Lipinski definition) is 2. The van der Waals surface area contributed by atoms with Crippen molar-refractivity contribution in [3.63, 3.8) is 0 Å². The second kappa shape index (κ2) is 8.70. The third-order valence-electron chi connectivity index (χ3n) is 7.15. The number of amides is 1. The number of carbonyl (C=O) groups is 2. The Labute approximate surface area is 199 Å². The highest BCUT2D eigenvalue weighted by atomic mass is 32.2. The van der Waals surface area contributed by atoms with Gasteiger partial charge in [-0.1, -0.05) is 37.1 Å². The van der Waals surface area contributed by atoms with Crippen molar-refractivity contribution in [2.75, 3.05) is 12.9 Å². The lowest BCUT2D eigenvalue weighted by atomic mass is 9.76. The van der Waals surface area contributed by atoms with E-state index in [0.29, 0.717) is 30.6 Å². The van der Waals surface area contributed by atoms with E-state index in [9.17, 15) is 23.1 Å². The Morgan fingerprint density at radius 1 is 1.15 bits per heavy atom. The number of hydrogen-bond acceptors (Lipinski definition) is 5. The van der Waals surface area contributed by atoms with Crippen molar-refractivity contribution in [2.45, 2.75) is 56.1 Å². The van der Waals surface area contributed by atoms with Crippen molar-refractivity contribution < 1.29 is 27.9 Å². The van der Waals surface area contributed by atoms with Crippen LogP contribution in [0.3, 0.4) is 0 Å². The molecular weight excluding hydrogens is 456 g/mol. The zero-order valence-electron chi connectivity index (χ0n) is 18.9. The Morgan fingerprint density at radius 3 is 2.68 bits per heavy atom. The minimum Gasteiger partial charge on any atom is -0.493 e. The molecule has 0 aromatic heterocycles. The van der Waals surface area contributed by atoms with Crippen LogP contribution in [-0.4, -0.2) is 55.2 Å². The molecule has 5 rings (SSSR count). The van der Waals surface area contributed by atoms with Gasteiger partial charge < -0.3 is 14.7 Å². The predicted molar refractivity (Wildman–Crippen MR) is 125 cm³/mol. The smallest absolute Gasteiger partial charge is 0.313 e. The third-order valence-corrected chi connectivity index (χ3v) is 7.88. The van der Waals surface area contributed by atoms with E-state index in [1.807, 2.05) is 18.2 Å². The summed E-state index contributed by atoms with van der Waals surface area (Å²) in [7, 11) is -3.51. The second-order valence-corrected chi connectivity index (χ2v) is 11.2. The van der Waals surface area contributed by atoms with E-state index < -0.39 is 40.0 Å². The summed E-state index contributed by atoms with van der Waals surface area (Å²) >= 11 is 0. The van der Waals surface area contributed by atoms with Gasteiger partial charge in [0.1, 0.15) is 11.7 Å². The molecule has 8 nitrogen and oxygen atoms in total. The van der Waals surface area contributed by atoms with Gasteiger partial charge in [-0.25, -0.2) is 13.1 Å². The fourth-order valence-electron chi connectivity index (χ4n) is 5.78. The molecule has 34 heavy (non-hydrogen) atoms. The van der Waals surface area contributed by atoms with E-state index >= 15 is 0 Å². The SMILES string of the molecule is CS(=O)(=O)NC1CCCCC1N1C(=O)c2ccccc2C(C(=O)O)C1c1ccc2c(c1)CCO2. The molecule has 0 saturated heterocycles. The van der Waals surface area contributed by atoms with Crippen molar-refractivity contribution in [2.24, 2.45) is 0 Å². The van der Waals surface area contributed by atoms with E-state index in [0.717, 1.165) is 42.4 Å². The number of fused-ring (bicyclic) bond motifs is 2. The highest BCUT2D eigenvalue weighted by molar-refractivity contribution is 7.88. The first-order valence-electron chi connectivity index (χ1n) is 11.6. The minimum absolute atomic E-state index is 0.262. The lowest BCUT2D eigenvalue weighted by Crippen LogP contribution is -2.58. The molecule has 2 heterocycles. The Bertz CT molecular complexity index is 1240. The first kappa shape index (κ1) is 22.9. The minimum atomic E-state index is -3.51. The van der Waals surface area contributed by atoms with E-state index in [4.69, 9.17) is 4.74 Å². The van der Waals surface area contributed by atoms with Gasteiger partial charge in [-0.3, -0.25) is 9.59 Å². The molecule has 0 bridgehead atoms. The van der Waals surface area contributed by atoms with Crippen molar-refractivity contribution in [3.8, 4) is 5.75 Å². The van der Waals surface area contributed by atoms with E-state index in [1.54, 1.807) is 29.2 Å². The van der Waals surface area contributed by atoms with Gasteiger partial charge in [-0.2, -0.15) is 0 Å². The molecule has 1 amide bonds. The largest absolute Gasteiger partial charge is 0.493 e. The summed E-state index contributed by atoms with van der Waals surface area (Å²) in [6.45, 7) is 0.570. The van der Waals surface area contributed by atoms with Crippen LogP contribution in [0.4, 0.5) is 0 Å². The lowest BCUT2D eigenvalue weighted by Gasteiger charge is -2.48. The molecule has 2 aromatic carbocycles. The number of nitrogens with zero attached hydrogens (tertiary/aromatic N) is 1. The molecule has 1 aliphatic carbocycles. The topological polar surface area (TPSA) is 113 Å². The van der Waals surface area contributed by atoms with E-state index in [-0.39, 0.29) is 5.91 Å². The van der Waals surface area contributed by atoms with Crippen LogP contribution in [0.15, 0.2) is 42.5 Å². The van der Waals surface area contributed by atoms with Gasteiger partial charge in [0, 0.05) is 24.1 Å². The number of rotatable bonds is 5. The Balaban J connectivity index is 1.68. The summed E-state index contributed by atoms with van der Waals surface area (Å²) in [5, 5.41) is 10.4. The van der Waals surface area contributed by atoms with Gasteiger partial charge >= 0.3 is 5.97 Å². The first-order valence-corrected chi connectivity index (χ1v) is 13.5. The van der Waals surface area contributed by atoms with Crippen LogP contribution >= 0.6 is 0 Å². The number of benzene rings is 2. The van der Waals surface area contributed by atoms with Crippen LogP contribution in [0, 0.1) is 0 Å². The van der Waals surface area contributed by atoms with Gasteiger partial charge in [0.05, 0.1) is 18.9 Å². The average Bonchev–Trinajstić information content (AvgIpc) is 3.26. The molecule has 2 N–H and O–H groups in total. The summed E-state index contributed by atoms with van der Waals surface area (Å²) in [6, 6.07) is 10.8. The molecule has 1 fully saturated rings. The lowest BCUT2D eigenvalue weighted by molar-refractivity contribution is -0.141. The van der Waals surface area contributed by atoms with Crippen LogP contribution in [-0.2, 0) is 21.2 Å². The number of aliphatic carboxylic acids is 1. The second-order valence-electron chi connectivity index (χ2n) is 9.37. The Hall–Kier alpha value is -2.91. The Kier molecular flexibility index (Phi) is 5.85. The molecule has 3 aliphatic rings. The van der Waals surface area contributed by atoms with Gasteiger partial charge in [-0.05, 0) is 47.7 Å². The summed E-state index contributed by atoms with van der Waals surface area (Å²) in [5.41, 5.74) is 2.56. The molecule has 1 saturated carbocycles. The van der Waals surface area contributed by atoms with Crippen LogP contribution in [0.2, 0.25) is 0 Å². The zero-order valence-corrected chi connectivity index (χ0v) is 19.8. The molecule has 0 radical (unpaired) electrons. The fourth-order valence-corrected chi connectivity index (χ4v) is 6.61. The van der Waals surface area contributed by atoms with Gasteiger partial charge in [-0.15, -0.1) is 0 Å². The number of carboxylic acid groups (broad SMARTS) is 1. The van der Waals surface area contributed by atoms with E-state index in [1.165, 1.54) is 0 Å². The molecular formula is C25H28N2O6S. The van der Waals surface area contributed by atoms with Crippen molar-refractivity contribution in [3.05, 3.63) is 64.7 Å². The summed E-state index contributed by atoms with van der Waals surface area (Å²) in [5.74, 6) is -1.48. The van der Waals surface area contributed by atoms with Gasteiger partial charge in [0.2, 0.25) is 10.0 Å². The molecule has 2 aliphatic heterocycles. The summed E-state index contributed by atoms with van der Waals surface area (Å²) in [4.78, 5) is 28.3. The maximum Gasteiger partial charge on any atom is 0.313 e. The number of ether oxygens (including phenoxy) is 1. The highest BCUT2D eigenvalue weighted by Gasteiger charge is 2.49. The number of carboxylic acids is 1. The molecule has 180 valence electrons. The quantitative estimate of drug-likeness (QED) is 0.675. The van der Waals surface area contributed by atoms with Crippen LogP contribution in [0.1, 0.15) is 64.7 Å². The molecule has 4 atom stereocenters. The average molecular weight is 485 g/mol. The van der Waals surface area contributed by atoms with Crippen LogP contribution in [0.25, 0.3) is 0 Å². The third kappa shape index (κ3) is 4.07. The van der Waals surface area contributed by atoms with Crippen molar-refractivity contribution >= 4 is 21.9 Å². The first-order chi connectivity index (χ1) is 16.2. The standard InChI is InChI=1S/C25H28N2O6S/c1-34(31,32)26-19-8-4-5-9-20(19)27-23(16-10-11-21-15(14-16)12-13-33-21)22(25(29)30)17-6-2-3-7-18(17)24(27)28/h2-3,6-7,10-11,14,19-20,22-23,26H,4-5,8-9,12-13H2,1H3,(H,29,30). The highest BCUT2D eigenvalue weighted by Crippen LogP contribution is 2.46. The normalized spacial score (nSPS) is 26.5. The molecule has 0 spiro atoms. The van der Waals surface area contributed by atoms with E-state index in [2.05, 4.69) is 4.72 Å². The Morgan fingerprint density at radius 2 is 1.91 bits per heavy atom. The molecule has 9 heteroatoms. The predicted octanol–water partition coefficient (Wildman–Crippen LogP) is 2.85. The fraction of sp³-hybridized carbons (Fsp3) is 0.440. The van der Waals surface area contributed by atoms with Crippen LogP contribution < -0.4 is 9.46 Å². The maximum absolute atomic E-state index is 13.9.